The molecule has 1 fully saturated rings. The fourth-order valence-electron chi connectivity index (χ4n) is 2.31. The first-order valence-corrected chi connectivity index (χ1v) is 6.33. The molecule has 0 aromatic carbocycles. The Balaban J connectivity index is 1.96. The number of piperidine rings is 1. The molecule has 1 aromatic heterocycles. The lowest BCUT2D eigenvalue weighted by molar-refractivity contribution is -0.0201. The van der Waals surface area contributed by atoms with Crippen molar-refractivity contribution in [3.05, 3.63) is 23.8 Å². The highest BCUT2D eigenvalue weighted by atomic mass is 16.3. The van der Waals surface area contributed by atoms with Gasteiger partial charge in [-0.15, -0.1) is 0 Å². The molecule has 0 amide bonds. The zero-order chi connectivity index (χ0) is 12.3. The average molecular weight is 235 g/mol. The first-order chi connectivity index (χ1) is 8.11. The van der Waals surface area contributed by atoms with Gasteiger partial charge in [-0.1, -0.05) is 6.92 Å². The second-order valence-electron chi connectivity index (χ2n) is 4.98. The van der Waals surface area contributed by atoms with Crippen LogP contribution in [0.3, 0.4) is 0 Å². The van der Waals surface area contributed by atoms with E-state index in [1.165, 1.54) is 0 Å². The molecule has 4 nitrogen and oxygen atoms in total. The zero-order valence-electron chi connectivity index (χ0n) is 10.7. The van der Waals surface area contributed by atoms with E-state index >= 15 is 0 Å². The molecule has 0 aliphatic carbocycles. The monoisotopic (exact) mass is 235 g/mol. The Morgan fingerprint density at radius 2 is 2.00 bits per heavy atom. The van der Waals surface area contributed by atoms with Crippen LogP contribution in [0.1, 0.15) is 31.2 Å². The van der Waals surface area contributed by atoms with Gasteiger partial charge in [0, 0.05) is 31.9 Å². The molecule has 1 aliphatic rings. The second-order valence-corrected chi connectivity index (χ2v) is 4.98. The summed E-state index contributed by atoms with van der Waals surface area (Å²) in [5.74, 6) is 0. The number of rotatable bonds is 3. The van der Waals surface area contributed by atoms with Crippen LogP contribution in [0, 0.1) is 6.92 Å². The molecule has 1 N–H and O–H groups in total. The van der Waals surface area contributed by atoms with Crippen molar-refractivity contribution < 1.29 is 5.11 Å². The topological polar surface area (TPSA) is 49.2 Å². The Bertz CT molecular complexity index is 355. The highest BCUT2D eigenvalue weighted by molar-refractivity contribution is 5.05. The van der Waals surface area contributed by atoms with Gasteiger partial charge in [0.15, 0.2) is 0 Å². The van der Waals surface area contributed by atoms with Gasteiger partial charge in [0.05, 0.1) is 17.0 Å². The van der Waals surface area contributed by atoms with E-state index in [2.05, 4.69) is 21.8 Å². The summed E-state index contributed by atoms with van der Waals surface area (Å²) in [7, 11) is 0. The highest BCUT2D eigenvalue weighted by Gasteiger charge is 2.32. The summed E-state index contributed by atoms with van der Waals surface area (Å²) < 4.78 is 0. The van der Waals surface area contributed by atoms with E-state index in [1.54, 1.807) is 12.4 Å². The molecule has 2 heterocycles. The van der Waals surface area contributed by atoms with E-state index in [1.807, 2.05) is 6.92 Å². The lowest BCUT2D eigenvalue weighted by Crippen LogP contribution is -2.45. The molecule has 1 aliphatic heterocycles. The molecule has 2 rings (SSSR count). The minimum Gasteiger partial charge on any atom is -0.389 e. The van der Waals surface area contributed by atoms with Crippen LogP contribution in [0.4, 0.5) is 0 Å². The summed E-state index contributed by atoms with van der Waals surface area (Å²) in [4.78, 5) is 10.9. The molecule has 4 heteroatoms. The highest BCUT2D eigenvalue weighted by Crippen LogP contribution is 2.25. The number of aromatic nitrogens is 2. The lowest BCUT2D eigenvalue weighted by Gasteiger charge is -2.37. The maximum Gasteiger partial charge on any atom is 0.0727 e. The normalized spacial score (nSPS) is 20.4. The van der Waals surface area contributed by atoms with Gasteiger partial charge in [-0.3, -0.25) is 9.97 Å². The van der Waals surface area contributed by atoms with Crippen LogP contribution in [0.15, 0.2) is 12.4 Å². The molecular formula is C13H21N3O. The molecule has 0 unspecified atom stereocenters. The van der Waals surface area contributed by atoms with Crippen LogP contribution in [0.25, 0.3) is 0 Å². The van der Waals surface area contributed by atoms with Gasteiger partial charge in [-0.25, -0.2) is 0 Å². The SMILES string of the molecule is CCN1CCC(O)(Cc2cnc(C)cn2)CC1. The zero-order valence-corrected chi connectivity index (χ0v) is 10.7. The molecule has 0 spiro atoms. The van der Waals surface area contributed by atoms with Crippen molar-refractivity contribution in [2.24, 2.45) is 0 Å². The van der Waals surface area contributed by atoms with Gasteiger partial charge in [0.2, 0.25) is 0 Å². The minimum absolute atomic E-state index is 0.588. The quantitative estimate of drug-likeness (QED) is 0.854. The summed E-state index contributed by atoms with van der Waals surface area (Å²) in [6, 6.07) is 0. The second kappa shape index (κ2) is 5.10. The van der Waals surface area contributed by atoms with Gasteiger partial charge in [-0.2, -0.15) is 0 Å². The third-order valence-electron chi connectivity index (χ3n) is 3.58. The van der Waals surface area contributed by atoms with Crippen molar-refractivity contribution in [2.75, 3.05) is 19.6 Å². The predicted molar refractivity (Wildman–Crippen MR) is 66.8 cm³/mol. The Kier molecular flexibility index (Phi) is 3.74. The molecule has 0 atom stereocenters. The van der Waals surface area contributed by atoms with Crippen LogP contribution < -0.4 is 0 Å². The van der Waals surface area contributed by atoms with Gasteiger partial charge >= 0.3 is 0 Å². The third-order valence-corrected chi connectivity index (χ3v) is 3.58. The molecule has 94 valence electrons. The van der Waals surface area contributed by atoms with Crippen molar-refractivity contribution >= 4 is 0 Å². The van der Waals surface area contributed by atoms with Crippen LogP contribution in [-0.4, -0.2) is 45.2 Å². The van der Waals surface area contributed by atoms with Crippen molar-refractivity contribution in [3.63, 3.8) is 0 Å². The van der Waals surface area contributed by atoms with Gasteiger partial charge < -0.3 is 10.0 Å². The largest absolute Gasteiger partial charge is 0.389 e. The number of aliphatic hydroxyl groups is 1. The maximum absolute atomic E-state index is 10.5. The standard InChI is InChI=1S/C13H21N3O/c1-3-16-6-4-13(17,5-7-16)8-12-10-14-11(2)9-15-12/h9-10,17H,3-8H2,1-2H3. The van der Waals surface area contributed by atoms with Crippen LogP contribution in [-0.2, 0) is 6.42 Å². The Morgan fingerprint density at radius 3 is 2.53 bits per heavy atom. The van der Waals surface area contributed by atoms with E-state index < -0.39 is 5.60 Å². The van der Waals surface area contributed by atoms with Crippen molar-refractivity contribution in [2.45, 2.75) is 38.7 Å². The van der Waals surface area contributed by atoms with Crippen molar-refractivity contribution in [1.82, 2.24) is 14.9 Å². The molecule has 0 saturated carbocycles. The summed E-state index contributed by atoms with van der Waals surface area (Å²) in [6.07, 6.45) is 5.82. The first kappa shape index (κ1) is 12.5. The molecule has 17 heavy (non-hydrogen) atoms. The first-order valence-electron chi connectivity index (χ1n) is 6.33. The summed E-state index contributed by atoms with van der Waals surface area (Å²) in [6.45, 7) is 7.11. The number of hydrogen-bond acceptors (Lipinski definition) is 4. The van der Waals surface area contributed by atoms with E-state index in [4.69, 9.17) is 0 Å². The fraction of sp³-hybridized carbons (Fsp3) is 0.692. The van der Waals surface area contributed by atoms with Crippen LogP contribution in [0.5, 0.6) is 0 Å². The van der Waals surface area contributed by atoms with E-state index in [-0.39, 0.29) is 0 Å². The molecular weight excluding hydrogens is 214 g/mol. The molecule has 0 bridgehead atoms. The summed E-state index contributed by atoms with van der Waals surface area (Å²) in [5.41, 5.74) is 1.22. The van der Waals surface area contributed by atoms with E-state index in [0.717, 1.165) is 43.9 Å². The Labute approximate surface area is 103 Å². The van der Waals surface area contributed by atoms with Crippen molar-refractivity contribution in [1.29, 1.82) is 0 Å². The van der Waals surface area contributed by atoms with Crippen molar-refractivity contribution in [3.8, 4) is 0 Å². The third kappa shape index (κ3) is 3.23. The number of aryl methyl sites for hydroxylation is 1. The molecule has 1 saturated heterocycles. The van der Waals surface area contributed by atoms with Gasteiger partial charge in [0.1, 0.15) is 0 Å². The minimum atomic E-state index is -0.588. The van der Waals surface area contributed by atoms with Crippen LogP contribution >= 0.6 is 0 Å². The number of nitrogens with zero attached hydrogens (tertiary/aromatic N) is 3. The van der Waals surface area contributed by atoms with Gasteiger partial charge in [-0.05, 0) is 26.3 Å². The Morgan fingerprint density at radius 1 is 1.29 bits per heavy atom. The average Bonchev–Trinajstić information content (AvgIpc) is 2.33. The molecule has 0 radical (unpaired) electrons. The smallest absolute Gasteiger partial charge is 0.0727 e. The summed E-state index contributed by atoms with van der Waals surface area (Å²) in [5, 5.41) is 10.5. The predicted octanol–water partition coefficient (Wildman–Crippen LogP) is 1.17. The van der Waals surface area contributed by atoms with Gasteiger partial charge in [0.25, 0.3) is 0 Å². The van der Waals surface area contributed by atoms with Crippen LogP contribution in [0.2, 0.25) is 0 Å². The van der Waals surface area contributed by atoms with E-state index in [0.29, 0.717) is 6.42 Å². The lowest BCUT2D eigenvalue weighted by atomic mass is 9.87. The number of hydrogen-bond donors (Lipinski definition) is 1. The number of likely N-dealkylation sites (tertiary alicyclic amines) is 1. The fourth-order valence-corrected chi connectivity index (χ4v) is 2.31. The maximum atomic E-state index is 10.5. The van der Waals surface area contributed by atoms with E-state index in [9.17, 15) is 5.11 Å². The molecule has 1 aromatic rings. The summed E-state index contributed by atoms with van der Waals surface area (Å²) >= 11 is 0. The Hall–Kier alpha value is -1.00.